The molecule has 0 heterocycles. The number of benzene rings is 1. The van der Waals surface area contributed by atoms with E-state index in [2.05, 4.69) is 0 Å². The van der Waals surface area contributed by atoms with Crippen LogP contribution >= 0.6 is 11.6 Å². The number of ether oxygens (including phenoxy) is 2. The number of aliphatic hydroxyl groups is 2. The molecule has 0 saturated heterocycles. The molecule has 0 spiro atoms. The fourth-order valence-corrected chi connectivity index (χ4v) is 1.48. The molecule has 0 saturated carbocycles. The Morgan fingerprint density at radius 1 is 1.41 bits per heavy atom. The molecule has 5 nitrogen and oxygen atoms in total. The number of aliphatic hydroxyl groups excluding tert-OH is 2. The number of rotatable bonds is 6. The van der Waals surface area contributed by atoms with E-state index < -0.39 is 6.10 Å². The third kappa shape index (κ3) is 3.74. The van der Waals surface area contributed by atoms with Gasteiger partial charge in [0.1, 0.15) is 12.7 Å². The van der Waals surface area contributed by atoms with Crippen LogP contribution in [0.5, 0.6) is 11.5 Å². The van der Waals surface area contributed by atoms with Gasteiger partial charge in [0.05, 0.1) is 13.7 Å². The Kier molecular flexibility index (Phi) is 5.50. The monoisotopic (exact) mass is 261 g/mol. The third-order valence-electron chi connectivity index (χ3n) is 2.19. The summed E-state index contributed by atoms with van der Waals surface area (Å²) >= 11 is 5.98. The van der Waals surface area contributed by atoms with Crippen molar-refractivity contribution in [3.05, 3.63) is 22.7 Å². The first kappa shape index (κ1) is 14.1. The van der Waals surface area contributed by atoms with Gasteiger partial charge in [-0.2, -0.15) is 0 Å². The average Bonchev–Trinajstić information content (AvgIpc) is 2.35. The highest BCUT2D eigenvalue weighted by Crippen LogP contribution is 2.33. The molecule has 4 N–H and O–H groups in total. The summed E-state index contributed by atoms with van der Waals surface area (Å²) in [6.45, 7) is -0.100. The maximum Gasteiger partial charge on any atom is 0.162 e. The van der Waals surface area contributed by atoms with Gasteiger partial charge in [-0.25, -0.2) is 0 Å². The summed E-state index contributed by atoms with van der Waals surface area (Å²) in [6.07, 6.45) is -0.937. The van der Waals surface area contributed by atoms with Crippen molar-refractivity contribution in [2.45, 2.75) is 12.6 Å². The van der Waals surface area contributed by atoms with Crippen molar-refractivity contribution in [2.75, 3.05) is 20.3 Å². The zero-order valence-electron chi connectivity index (χ0n) is 9.52. The summed E-state index contributed by atoms with van der Waals surface area (Å²) in [4.78, 5) is 0. The van der Waals surface area contributed by atoms with Crippen LogP contribution in [0.2, 0.25) is 5.02 Å². The van der Waals surface area contributed by atoms with Crippen molar-refractivity contribution in [2.24, 2.45) is 5.73 Å². The lowest BCUT2D eigenvalue weighted by atomic mass is 10.2. The van der Waals surface area contributed by atoms with Gasteiger partial charge in [0.25, 0.3) is 0 Å². The van der Waals surface area contributed by atoms with Crippen molar-refractivity contribution in [1.82, 2.24) is 0 Å². The Bertz CT molecular complexity index is 373. The number of hydrogen-bond acceptors (Lipinski definition) is 5. The molecular weight excluding hydrogens is 246 g/mol. The fraction of sp³-hybridized carbons (Fsp3) is 0.455. The second-order valence-electron chi connectivity index (χ2n) is 3.45. The maximum atomic E-state index is 9.18. The standard InChI is InChI=1S/C11H16ClNO4/c1-16-10-2-7(4-13)9(12)3-11(10)17-6-8(15)5-14/h2-3,8,14-15H,4-6,13H2,1H3. The minimum absolute atomic E-state index is 0.0365. The molecule has 1 rings (SSSR count). The topological polar surface area (TPSA) is 84.9 Å². The third-order valence-corrected chi connectivity index (χ3v) is 2.55. The predicted octanol–water partition coefficient (Wildman–Crippen LogP) is 0.539. The number of methoxy groups -OCH3 is 1. The van der Waals surface area contributed by atoms with E-state index in [1.807, 2.05) is 0 Å². The van der Waals surface area contributed by atoms with Crippen LogP contribution in [0.4, 0.5) is 0 Å². The first-order chi connectivity index (χ1) is 8.12. The first-order valence-electron chi connectivity index (χ1n) is 5.10. The molecule has 0 aliphatic rings. The number of nitrogens with two attached hydrogens (primary N) is 1. The molecule has 1 unspecified atom stereocenters. The van der Waals surface area contributed by atoms with Crippen LogP contribution in [0.25, 0.3) is 0 Å². The molecule has 96 valence electrons. The molecule has 0 radical (unpaired) electrons. The van der Waals surface area contributed by atoms with E-state index in [0.29, 0.717) is 23.1 Å². The molecule has 1 aromatic rings. The molecule has 1 atom stereocenters. The minimum atomic E-state index is -0.937. The lowest BCUT2D eigenvalue weighted by Gasteiger charge is -2.14. The largest absolute Gasteiger partial charge is 0.493 e. The minimum Gasteiger partial charge on any atom is -0.493 e. The van der Waals surface area contributed by atoms with Crippen molar-refractivity contribution in [3.8, 4) is 11.5 Å². The molecule has 0 aliphatic heterocycles. The van der Waals surface area contributed by atoms with Gasteiger partial charge < -0.3 is 25.4 Å². The molecule has 6 heteroatoms. The van der Waals surface area contributed by atoms with E-state index in [0.717, 1.165) is 5.56 Å². The van der Waals surface area contributed by atoms with Crippen molar-refractivity contribution in [1.29, 1.82) is 0 Å². The van der Waals surface area contributed by atoms with E-state index in [1.165, 1.54) is 7.11 Å². The van der Waals surface area contributed by atoms with Crippen LogP contribution < -0.4 is 15.2 Å². The Hall–Kier alpha value is -1.01. The molecule has 0 amide bonds. The van der Waals surface area contributed by atoms with Crippen LogP contribution in [-0.2, 0) is 6.54 Å². The summed E-state index contributed by atoms with van der Waals surface area (Å²) in [5.74, 6) is 0.891. The van der Waals surface area contributed by atoms with Gasteiger partial charge in [-0.15, -0.1) is 0 Å². The quantitative estimate of drug-likeness (QED) is 0.696. The number of hydrogen-bond donors (Lipinski definition) is 3. The van der Waals surface area contributed by atoms with Gasteiger partial charge >= 0.3 is 0 Å². The van der Waals surface area contributed by atoms with Crippen molar-refractivity contribution in [3.63, 3.8) is 0 Å². The summed E-state index contributed by atoms with van der Waals surface area (Å²) in [6, 6.07) is 3.26. The van der Waals surface area contributed by atoms with Gasteiger partial charge in [-0.1, -0.05) is 11.6 Å². The van der Waals surface area contributed by atoms with Crippen LogP contribution in [0, 0.1) is 0 Å². The van der Waals surface area contributed by atoms with Crippen LogP contribution in [0.15, 0.2) is 12.1 Å². The van der Waals surface area contributed by atoms with E-state index >= 15 is 0 Å². The summed E-state index contributed by atoms with van der Waals surface area (Å²) in [5.41, 5.74) is 6.26. The van der Waals surface area contributed by atoms with E-state index in [1.54, 1.807) is 12.1 Å². The van der Waals surface area contributed by atoms with Gasteiger partial charge in [0, 0.05) is 17.6 Å². The highest BCUT2D eigenvalue weighted by atomic mass is 35.5. The molecule has 0 fully saturated rings. The zero-order valence-corrected chi connectivity index (χ0v) is 10.3. The SMILES string of the molecule is COc1cc(CN)c(Cl)cc1OCC(O)CO. The molecule has 17 heavy (non-hydrogen) atoms. The number of halogens is 1. The van der Waals surface area contributed by atoms with E-state index in [-0.39, 0.29) is 13.2 Å². The van der Waals surface area contributed by atoms with E-state index in [9.17, 15) is 5.11 Å². The lowest BCUT2D eigenvalue weighted by Crippen LogP contribution is -2.21. The molecule has 0 aromatic heterocycles. The van der Waals surface area contributed by atoms with Crippen LogP contribution in [0.1, 0.15) is 5.56 Å². The van der Waals surface area contributed by atoms with Crippen molar-refractivity contribution >= 4 is 11.6 Å². The van der Waals surface area contributed by atoms with Crippen molar-refractivity contribution < 1.29 is 19.7 Å². The Labute approximate surface area is 105 Å². The van der Waals surface area contributed by atoms with Gasteiger partial charge in [-0.05, 0) is 11.6 Å². The van der Waals surface area contributed by atoms with Gasteiger partial charge in [0.15, 0.2) is 11.5 Å². The normalized spacial score (nSPS) is 12.3. The Morgan fingerprint density at radius 3 is 2.65 bits per heavy atom. The average molecular weight is 262 g/mol. The van der Waals surface area contributed by atoms with Crippen LogP contribution in [0.3, 0.4) is 0 Å². The van der Waals surface area contributed by atoms with Crippen LogP contribution in [-0.4, -0.2) is 36.6 Å². The predicted molar refractivity (Wildman–Crippen MR) is 64.5 cm³/mol. The smallest absolute Gasteiger partial charge is 0.162 e. The van der Waals surface area contributed by atoms with E-state index in [4.69, 9.17) is 31.9 Å². The fourth-order valence-electron chi connectivity index (χ4n) is 1.24. The summed E-state index contributed by atoms with van der Waals surface area (Å²) < 4.78 is 10.4. The highest BCUT2D eigenvalue weighted by Gasteiger charge is 2.11. The Morgan fingerprint density at radius 2 is 2.12 bits per heavy atom. The molecule has 0 bridgehead atoms. The second kappa shape index (κ2) is 6.66. The highest BCUT2D eigenvalue weighted by molar-refractivity contribution is 6.31. The molecule has 0 aliphatic carbocycles. The molecule has 1 aromatic carbocycles. The zero-order chi connectivity index (χ0) is 12.8. The first-order valence-corrected chi connectivity index (χ1v) is 5.48. The molecular formula is C11H16ClNO4. The van der Waals surface area contributed by atoms with Gasteiger partial charge in [-0.3, -0.25) is 0 Å². The van der Waals surface area contributed by atoms with Gasteiger partial charge in [0.2, 0.25) is 0 Å². The lowest BCUT2D eigenvalue weighted by molar-refractivity contribution is 0.0527. The summed E-state index contributed by atoms with van der Waals surface area (Å²) in [7, 11) is 1.50. The second-order valence-corrected chi connectivity index (χ2v) is 3.85. The maximum absolute atomic E-state index is 9.18. The Balaban J connectivity index is 2.87. The summed E-state index contributed by atoms with van der Waals surface area (Å²) in [5, 5.41) is 18.3.